The van der Waals surface area contributed by atoms with E-state index in [9.17, 15) is 24.3 Å². The molecule has 2 aromatic heterocycles. The lowest BCUT2D eigenvalue weighted by Crippen LogP contribution is -2.55. The summed E-state index contributed by atoms with van der Waals surface area (Å²) in [6.45, 7) is 5.75. The molecule has 0 radical (unpaired) electrons. The Bertz CT molecular complexity index is 2190. The number of esters is 2. The fourth-order valence-corrected chi connectivity index (χ4v) is 7.10. The van der Waals surface area contributed by atoms with Gasteiger partial charge in [-0.2, -0.15) is 0 Å². The lowest BCUT2D eigenvalue weighted by atomic mass is 9.68. The van der Waals surface area contributed by atoms with E-state index in [1.165, 1.54) is 58.5 Å². The van der Waals surface area contributed by atoms with Gasteiger partial charge < -0.3 is 47.4 Å². The number of pyridine rings is 2. The van der Waals surface area contributed by atoms with Gasteiger partial charge in [-0.25, -0.2) is 4.79 Å². The normalized spacial score (nSPS) is 19.1. The second-order valence-electron chi connectivity index (χ2n) is 13.1. The number of ether oxygens (including phenoxy) is 7. The quantitative estimate of drug-likeness (QED) is 0.234. The first-order valence-corrected chi connectivity index (χ1v) is 15.4. The van der Waals surface area contributed by atoms with Crippen LogP contribution in [0.5, 0.6) is 34.5 Å². The van der Waals surface area contributed by atoms with Gasteiger partial charge in [0.15, 0.2) is 28.6 Å². The first kappa shape index (κ1) is 33.7. The molecule has 14 nitrogen and oxygen atoms in total. The number of nitrogens with zero attached hydrogens (tertiary/aromatic N) is 2. The van der Waals surface area contributed by atoms with Crippen LogP contribution in [0, 0.1) is 5.92 Å². The predicted octanol–water partition coefficient (Wildman–Crippen LogP) is 3.27. The molecule has 1 N–H and O–H groups in total. The molecule has 3 atom stereocenters. The smallest absolute Gasteiger partial charge is 0.345 e. The van der Waals surface area contributed by atoms with E-state index in [-0.39, 0.29) is 28.4 Å². The summed E-state index contributed by atoms with van der Waals surface area (Å²) < 4.78 is 43.6. The van der Waals surface area contributed by atoms with Gasteiger partial charge in [0, 0.05) is 24.9 Å². The maximum absolute atomic E-state index is 14.4. The number of aromatic nitrogens is 2. The van der Waals surface area contributed by atoms with Crippen LogP contribution in [0.25, 0.3) is 21.8 Å². The van der Waals surface area contributed by atoms with Crippen molar-refractivity contribution in [1.29, 1.82) is 0 Å². The standard InChI is InChI=1S/C35H38N2O12/c1-34(2,42)33(41)48-32(40)19-20-25(15-11-13-17(43-7)27(45-9)23(15)36(5)30(20)38)47-29-21-26(49-35(3,4)22(19)29)16-12-14-18(44-8)28(46-10)24(16)37(6)31(21)39/h11-14,19,22,29,42H,1-10H3. The first-order valence-electron chi connectivity index (χ1n) is 15.4. The van der Waals surface area contributed by atoms with E-state index >= 15 is 0 Å². The molecule has 0 amide bonds. The molecule has 2 aliphatic rings. The molecule has 0 saturated heterocycles. The molecule has 6 rings (SSSR count). The molecular formula is C35H38N2O12. The van der Waals surface area contributed by atoms with Gasteiger partial charge in [0.25, 0.3) is 11.1 Å². The number of methoxy groups -OCH3 is 4. The van der Waals surface area contributed by atoms with Crippen LogP contribution in [0.3, 0.4) is 0 Å². The fraction of sp³-hybridized carbons (Fsp3) is 0.429. The van der Waals surface area contributed by atoms with Gasteiger partial charge in [-0.05, 0) is 52.0 Å². The van der Waals surface area contributed by atoms with Crippen LogP contribution >= 0.6 is 0 Å². The van der Waals surface area contributed by atoms with Crippen molar-refractivity contribution in [2.75, 3.05) is 28.4 Å². The van der Waals surface area contributed by atoms with Crippen molar-refractivity contribution in [2.45, 2.75) is 50.9 Å². The number of fused-ring (bicyclic) bond motifs is 8. The average Bonchev–Trinajstić information content (AvgIpc) is 3.06. The van der Waals surface area contributed by atoms with E-state index in [0.717, 1.165) is 0 Å². The van der Waals surface area contributed by atoms with E-state index in [1.54, 1.807) is 45.2 Å². The van der Waals surface area contributed by atoms with Crippen molar-refractivity contribution in [1.82, 2.24) is 9.13 Å². The zero-order chi connectivity index (χ0) is 35.9. The molecule has 0 fully saturated rings. The summed E-state index contributed by atoms with van der Waals surface area (Å²) in [5.74, 6) is -3.44. The Kier molecular flexibility index (Phi) is 7.85. The molecule has 0 bridgehead atoms. The Balaban J connectivity index is 1.73. The third kappa shape index (κ3) is 4.79. The van der Waals surface area contributed by atoms with Gasteiger partial charge in [-0.1, -0.05) is 0 Å². The Hall–Kier alpha value is -5.24. The van der Waals surface area contributed by atoms with Crippen LogP contribution in [0.4, 0.5) is 0 Å². The van der Waals surface area contributed by atoms with Crippen molar-refractivity contribution in [3.63, 3.8) is 0 Å². The number of aliphatic hydroxyl groups is 1. The second-order valence-corrected chi connectivity index (χ2v) is 13.1. The van der Waals surface area contributed by atoms with Gasteiger partial charge in [-0.3, -0.25) is 14.4 Å². The van der Waals surface area contributed by atoms with Crippen molar-refractivity contribution < 1.29 is 47.9 Å². The van der Waals surface area contributed by atoms with E-state index in [4.69, 9.17) is 33.2 Å². The SMILES string of the molecule is COc1ccc2c3c(c(=O)n(C)c2c1OC)C1Oc2c(c(=O)n(C)c4c(OC)c(OC)ccc24)C(C(=O)OC(=O)C(C)(C)O)C1C(C)(C)O3. The molecule has 4 aromatic rings. The molecule has 2 aromatic carbocycles. The molecule has 14 heteroatoms. The summed E-state index contributed by atoms with van der Waals surface area (Å²) in [4.78, 5) is 55.9. The second kappa shape index (κ2) is 11.4. The van der Waals surface area contributed by atoms with Crippen LogP contribution in [0.15, 0.2) is 33.9 Å². The number of carbonyl (C=O) groups excluding carboxylic acids is 2. The number of rotatable bonds is 6. The van der Waals surface area contributed by atoms with Crippen LogP contribution in [-0.2, 0) is 28.4 Å². The Morgan fingerprint density at radius 1 is 0.796 bits per heavy atom. The van der Waals surface area contributed by atoms with Crippen molar-refractivity contribution >= 4 is 33.7 Å². The maximum Gasteiger partial charge on any atom is 0.345 e. The highest BCUT2D eigenvalue weighted by atomic mass is 16.6. The van der Waals surface area contributed by atoms with Crippen LogP contribution in [-0.4, -0.2) is 65.8 Å². The van der Waals surface area contributed by atoms with E-state index in [1.807, 2.05) is 0 Å². The molecule has 0 aliphatic carbocycles. The summed E-state index contributed by atoms with van der Waals surface area (Å²) >= 11 is 0. The van der Waals surface area contributed by atoms with E-state index < -0.39 is 52.2 Å². The lowest BCUT2D eigenvalue weighted by Gasteiger charge is -2.49. The average molecular weight is 679 g/mol. The Morgan fingerprint density at radius 3 is 1.76 bits per heavy atom. The largest absolute Gasteiger partial charge is 0.493 e. The van der Waals surface area contributed by atoms with Crippen molar-refractivity contribution in [3.05, 3.63) is 56.1 Å². The number of aryl methyl sites for hydroxylation is 2. The predicted molar refractivity (Wildman–Crippen MR) is 176 cm³/mol. The van der Waals surface area contributed by atoms with Gasteiger partial charge in [0.05, 0.1) is 39.9 Å². The number of hydrogen-bond donors (Lipinski definition) is 1. The molecule has 0 saturated carbocycles. The Morgan fingerprint density at radius 2 is 1.29 bits per heavy atom. The first-order chi connectivity index (χ1) is 23.0. The molecule has 2 aliphatic heterocycles. The zero-order valence-electron chi connectivity index (χ0n) is 28.9. The highest BCUT2D eigenvalue weighted by molar-refractivity contribution is 5.98. The molecule has 0 spiro atoms. The van der Waals surface area contributed by atoms with Crippen LogP contribution in [0.2, 0.25) is 0 Å². The highest BCUT2D eigenvalue weighted by Crippen LogP contribution is 2.58. The maximum atomic E-state index is 14.4. The Labute approximate surface area is 280 Å². The molecule has 3 unspecified atom stereocenters. The minimum atomic E-state index is -2.03. The molecule has 49 heavy (non-hydrogen) atoms. The minimum absolute atomic E-state index is 0.00364. The molecular weight excluding hydrogens is 640 g/mol. The van der Waals surface area contributed by atoms with Gasteiger partial charge in [0.1, 0.15) is 45.7 Å². The molecule has 260 valence electrons. The monoisotopic (exact) mass is 678 g/mol. The van der Waals surface area contributed by atoms with Crippen LogP contribution in [0.1, 0.15) is 50.8 Å². The zero-order valence-corrected chi connectivity index (χ0v) is 28.9. The summed E-state index contributed by atoms with van der Waals surface area (Å²) in [5, 5.41) is 11.2. The number of hydrogen-bond acceptors (Lipinski definition) is 12. The van der Waals surface area contributed by atoms with E-state index in [0.29, 0.717) is 39.1 Å². The fourth-order valence-electron chi connectivity index (χ4n) is 7.10. The molecule has 4 heterocycles. The summed E-state index contributed by atoms with van der Waals surface area (Å²) in [7, 11) is 8.90. The van der Waals surface area contributed by atoms with Gasteiger partial charge >= 0.3 is 11.9 Å². The van der Waals surface area contributed by atoms with Crippen LogP contribution < -0.4 is 39.5 Å². The van der Waals surface area contributed by atoms with Crippen molar-refractivity contribution in [2.24, 2.45) is 20.0 Å². The third-order valence-corrected chi connectivity index (χ3v) is 9.40. The lowest BCUT2D eigenvalue weighted by molar-refractivity contribution is -0.176. The number of carbonyl (C=O) groups is 2. The summed E-state index contributed by atoms with van der Waals surface area (Å²) in [5.41, 5.74) is -3.83. The number of benzene rings is 2. The summed E-state index contributed by atoms with van der Waals surface area (Å²) in [6.07, 6.45) is -1.19. The van der Waals surface area contributed by atoms with E-state index in [2.05, 4.69) is 0 Å². The van der Waals surface area contributed by atoms with Gasteiger partial charge in [0.2, 0.25) is 0 Å². The van der Waals surface area contributed by atoms with Gasteiger partial charge in [-0.15, -0.1) is 0 Å². The highest BCUT2D eigenvalue weighted by Gasteiger charge is 2.58. The third-order valence-electron chi connectivity index (χ3n) is 9.40. The van der Waals surface area contributed by atoms with Crippen molar-refractivity contribution in [3.8, 4) is 34.5 Å². The summed E-state index contributed by atoms with van der Waals surface area (Å²) in [6, 6.07) is 6.70. The topological polar surface area (TPSA) is 163 Å². The minimum Gasteiger partial charge on any atom is -0.493 e.